The fourth-order valence-corrected chi connectivity index (χ4v) is 3.72. The lowest BCUT2D eigenvalue weighted by Crippen LogP contribution is -2.64. The van der Waals surface area contributed by atoms with Crippen molar-refractivity contribution in [2.45, 2.75) is 52.2 Å². The van der Waals surface area contributed by atoms with E-state index in [1.807, 2.05) is 24.3 Å². The molecule has 106 valence electrons. The van der Waals surface area contributed by atoms with Crippen molar-refractivity contribution in [3.05, 3.63) is 28.7 Å². The van der Waals surface area contributed by atoms with Crippen molar-refractivity contribution >= 4 is 15.9 Å². The Morgan fingerprint density at radius 2 is 1.95 bits per heavy atom. The zero-order valence-electron chi connectivity index (χ0n) is 12.1. The molecule has 2 nitrogen and oxygen atoms in total. The second-order valence-electron chi connectivity index (χ2n) is 5.32. The van der Waals surface area contributed by atoms with Crippen LogP contribution in [0.1, 0.15) is 40.0 Å². The number of hydrogen-bond donors (Lipinski definition) is 1. The Hall–Kier alpha value is -0.540. The molecule has 0 saturated heterocycles. The van der Waals surface area contributed by atoms with E-state index in [0.29, 0.717) is 12.1 Å². The largest absolute Gasteiger partial charge is 0.489 e. The van der Waals surface area contributed by atoms with E-state index in [-0.39, 0.29) is 5.41 Å². The molecule has 19 heavy (non-hydrogen) atoms. The van der Waals surface area contributed by atoms with Gasteiger partial charge in [-0.05, 0) is 47.4 Å². The number of nitrogens with one attached hydrogen (secondary N) is 1. The highest BCUT2D eigenvalue weighted by Gasteiger charge is 2.53. The van der Waals surface area contributed by atoms with E-state index in [4.69, 9.17) is 4.74 Å². The van der Waals surface area contributed by atoms with Crippen LogP contribution in [0.25, 0.3) is 0 Å². The number of benzene rings is 1. The first-order valence-corrected chi connectivity index (χ1v) is 8.11. The summed E-state index contributed by atoms with van der Waals surface area (Å²) in [6.45, 7) is 7.78. The van der Waals surface area contributed by atoms with Crippen LogP contribution >= 0.6 is 15.9 Å². The summed E-state index contributed by atoms with van der Waals surface area (Å²) in [5.41, 5.74) is 0.283. The molecule has 1 fully saturated rings. The molecule has 0 spiro atoms. The molecule has 0 bridgehead atoms. The van der Waals surface area contributed by atoms with E-state index >= 15 is 0 Å². The van der Waals surface area contributed by atoms with Gasteiger partial charge in [-0.2, -0.15) is 0 Å². The molecular formula is C16H24BrNO. The Bertz CT molecular complexity index is 417. The third kappa shape index (κ3) is 2.68. The number of hydrogen-bond acceptors (Lipinski definition) is 2. The highest BCUT2D eigenvalue weighted by molar-refractivity contribution is 9.10. The predicted molar refractivity (Wildman–Crippen MR) is 83.7 cm³/mol. The van der Waals surface area contributed by atoms with Crippen molar-refractivity contribution in [3.63, 3.8) is 0 Å². The van der Waals surface area contributed by atoms with Crippen molar-refractivity contribution in [2.24, 2.45) is 5.41 Å². The van der Waals surface area contributed by atoms with Gasteiger partial charge >= 0.3 is 0 Å². The molecular weight excluding hydrogens is 302 g/mol. The second kappa shape index (κ2) is 6.27. The minimum absolute atomic E-state index is 0.283. The van der Waals surface area contributed by atoms with Gasteiger partial charge in [0, 0.05) is 17.9 Å². The van der Waals surface area contributed by atoms with E-state index < -0.39 is 0 Å². The van der Waals surface area contributed by atoms with Crippen molar-refractivity contribution in [3.8, 4) is 5.75 Å². The lowest BCUT2D eigenvalue weighted by molar-refractivity contribution is -0.0857. The maximum absolute atomic E-state index is 6.27. The van der Waals surface area contributed by atoms with Crippen LogP contribution in [0.4, 0.5) is 0 Å². The fraction of sp³-hybridized carbons (Fsp3) is 0.625. The molecule has 1 aliphatic rings. The summed E-state index contributed by atoms with van der Waals surface area (Å²) >= 11 is 3.56. The SMILES string of the molecule is CCNC1CC(Oc2ccccc2Br)C1(CC)CC. The highest BCUT2D eigenvalue weighted by Crippen LogP contribution is 2.49. The molecule has 0 heterocycles. The Balaban J connectivity index is 2.11. The predicted octanol–water partition coefficient (Wildman–Crippen LogP) is 4.38. The fourth-order valence-electron chi connectivity index (χ4n) is 3.34. The molecule has 0 aromatic heterocycles. The third-order valence-corrected chi connectivity index (χ3v) is 5.31. The molecule has 0 aliphatic heterocycles. The van der Waals surface area contributed by atoms with E-state index in [1.165, 1.54) is 0 Å². The quantitative estimate of drug-likeness (QED) is 0.837. The van der Waals surface area contributed by atoms with Gasteiger partial charge in [-0.1, -0.05) is 32.9 Å². The Labute approximate surface area is 125 Å². The third-order valence-electron chi connectivity index (χ3n) is 4.66. The molecule has 3 heteroatoms. The lowest BCUT2D eigenvalue weighted by Gasteiger charge is -2.55. The summed E-state index contributed by atoms with van der Waals surface area (Å²) in [7, 11) is 0. The van der Waals surface area contributed by atoms with Crippen LogP contribution < -0.4 is 10.1 Å². The van der Waals surface area contributed by atoms with Crippen molar-refractivity contribution in [1.29, 1.82) is 0 Å². The van der Waals surface area contributed by atoms with Crippen molar-refractivity contribution < 1.29 is 4.74 Å². The summed E-state index contributed by atoms with van der Waals surface area (Å²) in [5, 5.41) is 3.61. The summed E-state index contributed by atoms with van der Waals surface area (Å²) in [5.74, 6) is 0.966. The molecule has 2 unspecified atom stereocenters. The average molecular weight is 326 g/mol. The van der Waals surface area contributed by atoms with E-state index in [9.17, 15) is 0 Å². The zero-order chi connectivity index (χ0) is 13.9. The van der Waals surface area contributed by atoms with Crippen LogP contribution in [0.5, 0.6) is 5.75 Å². The van der Waals surface area contributed by atoms with E-state index in [2.05, 4.69) is 42.0 Å². The first-order valence-electron chi connectivity index (χ1n) is 7.32. The van der Waals surface area contributed by atoms with Crippen LogP contribution in [0.2, 0.25) is 0 Å². The molecule has 1 saturated carbocycles. The molecule has 0 amide bonds. The van der Waals surface area contributed by atoms with Crippen LogP contribution in [-0.4, -0.2) is 18.7 Å². The molecule has 1 aromatic rings. The van der Waals surface area contributed by atoms with Crippen molar-refractivity contribution in [1.82, 2.24) is 5.32 Å². The Morgan fingerprint density at radius 3 is 2.53 bits per heavy atom. The van der Waals surface area contributed by atoms with Crippen LogP contribution in [0.3, 0.4) is 0 Å². The van der Waals surface area contributed by atoms with Crippen LogP contribution in [-0.2, 0) is 0 Å². The topological polar surface area (TPSA) is 21.3 Å². The highest BCUT2D eigenvalue weighted by atomic mass is 79.9. The second-order valence-corrected chi connectivity index (χ2v) is 6.18. The number of halogens is 1. The van der Waals surface area contributed by atoms with E-state index in [0.717, 1.165) is 36.0 Å². The average Bonchev–Trinajstić information content (AvgIpc) is 2.41. The smallest absolute Gasteiger partial charge is 0.133 e. The number of para-hydroxylation sites is 1. The van der Waals surface area contributed by atoms with Crippen molar-refractivity contribution in [2.75, 3.05) is 6.54 Å². The molecule has 2 rings (SSSR count). The normalized spacial score (nSPS) is 24.8. The number of rotatable bonds is 6. The maximum Gasteiger partial charge on any atom is 0.133 e. The molecule has 2 atom stereocenters. The maximum atomic E-state index is 6.27. The minimum Gasteiger partial charge on any atom is -0.489 e. The summed E-state index contributed by atoms with van der Waals surface area (Å²) < 4.78 is 7.31. The van der Waals surface area contributed by atoms with Gasteiger partial charge in [0.15, 0.2) is 0 Å². The summed E-state index contributed by atoms with van der Waals surface area (Å²) in [4.78, 5) is 0. The first kappa shape index (κ1) is 14.9. The monoisotopic (exact) mass is 325 g/mol. The van der Waals surface area contributed by atoms with Crippen LogP contribution in [0, 0.1) is 5.41 Å². The van der Waals surface area contributed by atoms with Gasteiger partial charge in [0.25, 0.3) is 0 Å². The molecule has 1 aliphatic carbocycles. The van der Waals surface area contributed by atoms with Gasteiger partial charge in [0.05, 0.1) is 4.47 Å². The standard InChI is InChI=1S/C16H24BrNO/c1-4-16(5-2)14(18-6-3)11-15(16)19-13-10-8-7-9-12(13)17/h7-10,14-15,18H,4-6,11H2,1-3H3. The van der Waals surface area contributed by atoms with Gasteiger partial charge in [0.2, 0.25) is 0 Å². The zero-order valence-corrected chi connectivity index (χ0v) is 13.7. The van der Waals surface area contributed by atoms with Gasteiger partial charge in [0.1, 0.15) is 11.9 Å². The lowest BCUT2D eigenvalue weighted by atomic mass is 9.58. The number of ether oxygens (including phenoxy) is 1. The summed E-state index contributed by atoms with van der Waals surface area (Å²) in [6.07, 6.45) is 3.76. The Morgan fingerprint density at radius 1 is 1.26 bits per heavy atom. The summed E-state index contributed by atoms with van der Waals surface area (Å²) in [6, 6.07) is 8.72. The molecule has 1 N–H and O–H groups in total. The Kier molecular flexibility index (Phi) is 4.91. The van der Waals surface area contributed by atoms with Gasteiger partial charge in [-0.15, -0.1) is 0 Å². The van der Waals surface area contributed by atoms with Gasteiger partial charge in [-0.3, -0.25) is 0 Å². The first-order chi connectivity index (χ1) is 9.17. The minimum atomic E-state index is 0.283. The van der Waals surface area contributed by atoms with Gasteiger partial charge in [-0.25, -0.2) is 0 Å². The molecule has 1 aromatic carbocycles. The van der Waals surface area contributed by atoms with Gasteiger partial charge < -0.3 is 10.1 Å². The molecule has 0 radical (unpaired) electrons. The van der Waals surface area contributed by atoms with E-state index in [1.54, 1.807) is 0 Å². The van der Waals surface area contributed by atoms with Crippen LogP contribution in [0.15, 0.2) is 28.7 Å².